The number of aryl methyl sites for hydroxylation is 1. The van der Waals surface area contributed by atoms with Crippen LogP contribution in [0.15, 0.2) is 36.7 Å². The summed E-state index contributed by atoms with van der Waals surface area (Å²) in [5, 5.41) is 6.70. The molecule has 2 nitrogen and oxygen atoms in total. The topological polar surface area (TPSA) is 28.7 Å². The summed E-state index contributed by atoms with van der Waals surface area (Å²) in [7, 11) is 0. The molecule has 0 atom stereocenters. The highest BCUT2D eigenvalue weighted by Crippen LogP contribution is 2.17. The summed E-state index contributed by atoms with van der Waals surface area (Å²) in [5.74, 6) is 0. The van der Waals surface area contributed by atoms with Crippen LogP contribution in [0.4, 0.5) is 0 Å². The number of H-pyrrole nitrogens is 1. The van der Waals surface area contributed by atoms with Gasteiger partial charge in [-0.3, -0.25) is 5.10 Å². The minimum absolute atomic E-state index is 0. The van der Waals surface area contributed by atoms with Crippen molar-refractivity contribution in [2.24, 2.45) is 0 Å². The average molecular weight is 195 g/mol. The Morgan fingerprint density at radius 1 is 1.23 bits per heavy atom. The molecule has 3 heteroatoms. The largest absolute Gasteiger partial charge is 0.285 e. The smallest absolute Gasteiger partial charge is 0.0565 e. The molecule has 0 fully saturated rings. The number of aromatic amines is 1. The van der Waals surface area contributed by atoms with E-state index in [-0.39, 0.29) is 12.4 Å². The molecule has 68 valence electrons. The lowest BCUT2D eigenvalue weighted by Gasteiger charge is -1.97. The van der Waals surface area contributed by atoms with Crippen LogP contribution in [0.5, 0.6) is 0 Å². The standard InChI is InChI=1S/C10H10N2.ClH/c1-8-3-2-4-9(5-8)10-6-11-12-7-10;/h2-7H,1H3,(H,11,12);1H. The van der Waals surface area contributed by atoms with Gasteiger partial charge in [-0.05, 0) is 12.5 Å². The number of rotatable bonds is 1. The molecule has 0 amide bonds. The van der Waals surface area contributed by atoms with E-state index in [0.29, 0.717) is 0 Å². The molecule has 0 aliphatic heterocycles. The molecule has 1 N–H and O–H groups in total. The van der Waals surface area contributed by atoms with Crippen molar-refractivity contribution in [3.05, 3.63) is 42.2 Å². The van der Waals surface area contributed by atoms with E-state index >= 15 is 0 Å². The molecule has 0 bridgehead atoms. The van der Waals surface area contributed by atoms with Crippen LogP contribution in [0, 0.1) is 6.92 Å². The highest BCUT2D eigenvalue weighted by Gasteiger charge is 1.96. The summed E-state index contributed by atoms with van der Waals surface area (Å²) < 4.78 is 0. The Labute approximate surface area is 83.4 Å². The molecule has 1 aromatic heterocycles. The van der Waals surface area contributed by atoms with Gasteiger partial charge in [0.05, 0.1) is 6.20 Å². The Kier molecular flexibility index (Phi) is 3.09. The van der Waals surface area contributed by atoms with E-state index in [4.69, 9.17) is 0 Å². The van der Waals surface area contributed by atoms with Crippen LogP contribution in [-0.4, -0.2) is 10.2 Å². The fourth-order valence-electron chi connectivity index (χ4n) is 1.23. The van der Waals surface area contributed by atoms with Crippen molar-refractivity contribution in [1.29, 1.82) is 0 Å². The van der Waals surface area contributed by atoms with E-state index in [1.165, 1.54) is 11.1 Å². The molecule has 0 radical (unpaired) electrons. The van der Waals surface area contributed by atoms with Gasteiger partial charge in [-0.15, -0.1) is 12.4 Å². The van der Waals surface area contributed by atoms with Gasteiger partial charge in [0.25, 0.3) is 0 Å². The Balaban J connectivity index is 0.000000845. The van der Waals surface area contributed by atoms with E-state index in [1.807, 2.05) is 12.4 Å². The third kappa shape index (κ3) is 2.10. The maximum Gasteiger partial charge on any atom is 0.0565 e. The summed E-state index contributed by atoms with van der Waals surface area (Å²) in [5.41, 5.74) is 3.62. The van der Waals surface area contributed by atoms with Gasteiger partial charge in [0, 0.05) is 11.8 Å². The number of aromatic nitrogens is 2. The summed E-state index contributed by atoms with van der Waals surface area (Å²) in [6.07, 6.45) is 3.73. The zero-order chi connectivity index (χ0) is 8.39. The second-order valence-corrected chi connectivity index (χ2v) is 2.86. The van der Waals surface area contributed by atoms with Gasteiger partial charge < -0.3 is 0 Å². The van der Waals surface area contributed by atoms with Gasteiger partial charge in [0.2, 0.25) is 0 Å². The summed E-state index contributed by atoms with van der Waals surface area (Å²) in [6.45, 7) is 2.09. The zero-order valence-electron chi connectivity index (χ0n) is 7.32. The molecule has 0 spiro atoms. The second-order valence-electron chi connectivity index (χ2n) is 2.86. The normalized spacial score (nSPS) is 9.31. The van der Waals surface area contributed by atoms with E-state index < -0.39 is 0 Å². The van der Waals surface area contributed by atoms with Gasteiger partial charge in [0.15, 0.2) is 0 Å². The van der Waals surface area contributed by atoms with E-state index in [2.05, 4.69) is 41.4 Å². The first-order valence-electron chi connectivity index (χ1n) is 3.92. The number of hydrogen-bond acceptors (Lipinski definition) is 1. The van der Waals surface area contributed by atoms with Crippen molar-refractivity contribution in [2.45, 2.75) is 6.92 Å². The van der Waals surface area contributed by atoms with Crippen LogP contribution in [0.1, 0.15) is 5.56 Å². The maximum atomic E-state index is 3.90. The molecule has 0 aliphatic carbocycles. The van der Waals surface area contributed by atoms with Crippen LogP contribution >= 0.6 is 12.4 Å². The van der Waals surface area contributed by atoms with E-state index in [9.17, 15) is 0 Å². The molecule has 0 aliphatic rings. The summed E-state index contributed by atoms with van der Waals surface area (Å²) in [4.78, 5) is 0. The van der Waals surface area contributed by atoms with Crippen molar-refractivity contribution in [3.63, 3.8) is 0 Å². The molecule has 0 saturated heterocycles. The van der Waals surface area contributed by atoms with Gasteiger partial charge in [-0.1, -0.05) is 29.8 Å². The Morgan fingerprint density at radius 2 is 2.08 bits per heavy atom. The van der Waals surface area contributed by atoms with Gasteiger partial charge in [0.1, 0.15) is 0 Å². The monoisotopic (exact) mass is 194 g/mol. The van der Waals surface area contributed by atoms with Gasteiger partial charge >= 0.3 is 0 Å². The van der Waals surface area contributed by atoms with Crippen molar-refractivity contribution >= 4 is 12.4 Å². The SMILES string of the molecule is Cc1cccc(-c2cn[nH]c2)c1.Cl. The Morgan fingerprint density at radius 3 is 2.69 bits per heavy atom. The molecule has 0 unspecified atom stereocenters. The number of halogens is 1. The van der Waals surface area contributed by atoms with Crippen molar-refractivity contribution in [2.75, 3.05) is 0 Å². The minimum Gasteiger partial charge on any atom is -0.285 e. The maximum absolute atomic E-state index is 3.90. The fourth-order valence-corrected chi connectivity index (χ4v) is 1.23. The molecular weight excluding hydrogens is 184 g/mol. The van der Waals surface area contributed by atoms with Crippen molar-refractivity contribution in [1.82, 2.24) is 10.2 Å². The molecule has 2 rings (SSSR count). The number of benzene rings is 1. The lowest BCUT2D eigenvalue weighted by molar-refractivity contribution is 1.09. The third-order valence-corrected chi connectivity index (χ3v) is 1.85. The number of hydrogen-bond donors (Lipinski definition) is 1. The Hall–Kier alpha value is -1.28. The first-order chi connectivity index (χ1) is 5.86. The summed E-state index contributed by atoms with van der Waals surface area (Å²) in [6, 6.07) is 8.37. The average Bonchev–Trinajstić information content (AvgIpc) is 2.56. The summed E-state index contributed by atoms with van der Waals surface area (Å²) >= 11 is 0. The van der Waals surface area contributed by atoms with Crippen LogP contribution in [0.25, 0.3) is 11.1 Å². The lowest BCUT2D eigenvalue weighted by Crippen LogP contribution is -1.75. The first kappa shape index (κ1) is 9.81. The van der Waals surface area contributed by atoms with E-state index in [1.54, 1.807) is 0 Å². The predicted octanol–water partition coefficient (Wildman–Crippen LogP) is 2.81. The Bertz CT molecular complexity index is 368. The van der Waals surface area contributed by atoms with Gasteiger partial charge in [-0.25, -0.2) is 0 Å². The zero-order valence-corrected chi connectivity index (χ0v) is 8.14. The minimum atomic E-state index is 0. The highest BCUT2D eigenvalue weighted by molar-refractivity contribution is 5.85. The third-order valence-electron chi connectivity index (χ3n) is 1.85. The quantitative estimate of drug-likeness (QED) is 0.743. The number of nitrogens with one attached hydrogen (secondary N) is 1. The van der Waals surface area contributed by atoms with Crippen LogP contribution in [0.3, 0.4) is 0 Å². The predicted molar refractivity (Wildman–Crippen MR) is 56.0 cm³/mol. The molecular formula is C10H11ClN2. The number of nitrogens with zero attached hydrogens (tertiary/aromatic N) is 1. The lowest BCUT2D eigenvalue weighted by atomic mass is 10.1. The fraction of sp³-hybridized carbons (Fsp3) is 0.100. The van der Waals surface area contributed by atoms with E-state index in [0.717, 1.165) is 5.56 Å². The molecule has 2 aromatic rings. The molecule has 1 heterocycles. The molecule has 13 heavy (non-hydrogen) atoms. The van der Waals surface area contributed by atoms with Gasteiger partial charge in [-0.2, -0.15) is 5.10 Å². The first-order valence-corrected chi connectivity index (χ1v) is 3.92. The van der Waals surface area contributed by atoms with Crippen molar-refractivity contribution in [3.8, 4) is 11.1 Å². The van der Waals surface area contributed by atoms with Crippen molar-refractivity contribution < 1.29 is 0 Å². The van der Waals surface area contributed by atoms with Crippen LogP contribution in [0.2, 0.25) is 0 Å². The molecule has 0 saturated carbocycles. The van der Waals surface area contributed by atoms with Crippen LogP contribution in [-0.2, 0) is 0 Å². The van der Waals surface area contributed by atoms with Crippen LogP contribution < -0.4 is 0 Å². The second kappa shape index (κ2) is 4.10. The highest BCUT2D eigenvalue weighted by atomic mass is 35.5. The molecule has 1 aromatic carbocycles.